The lowest BCUT2D eigenvalue weighted by atomic mass is 10.00. The van der Waals surface area contributed by atoms with Gasteiger partial charge in [-0.1, -0.05) is 36.4 Å². The highest BCUT2D eigenvalue weighted by molar-refractivity contribution is 7.85. The number of pyridine rings is 1. The van der Waals surface area contributed by atoms with E-state index in [1.54, 1.807) is 12.1 Å². The van der Waals surface area contributed by atoms with Crippen LogP contribution in [-0.2, 0) is 39.6 Å². The first-order valence-electron chi connectivity index (χ1n) is 11.6. The molecule has 0 fully saturated rings. The predicted octanol–water partition coefficient (Wildman–Crippen LogP) is 4.88. The quantitative estimate of drug-likeness (QED) is 0.358. The molecule has 0 spiro atoms. The Morgan fingerprint density at radius 2 is 1.83 bits per heavy atom. The zero-order valence-corrected chi connectivity index (χ0v) is 20.9. The molecule has 0 unspecified atom stereocenters. The van der Waals surface area contributed by atoms with Gasteiger partial charge in [-0.25, -0.2) is 9.37 Å². The third kappa shape index (κ3) is 4.56. The second kappa shape index (κ2) is 9.09. The van der Waals surface area contributed by atoms with Crippen LogP contribution in [0.2, 0.25) is 0 Å². The lowest BCUT2D eigenvalue weighted by Gasteiger charge is -2.31. The number of rotatable bonds is 6. The maximum absolute atomic E-state index is 13.9. The van der Waals surface area contributed by atoms with Gasteiger partial charge in [-0.3, -0.25) is 4.18 Å². The van der Waals surface area contributed by atoms with Crippen molar-refractivity contribution in [2.45, 2.75) is 39.1 Å². The number of fused-ring (bicyclic) bond motifs is 2. The van der Waals surface area contributed by atoms with E-state index in [1.807, 2.05) is 32.0 Å². The molecule has 5 rings (SSSR count). The van der Waals surface area contributed by atoms with E-state index < -0.39 is 10.1 Å². The largest absolute Gasteiger partial charge is 0.350 e. The third-order valence-electron chi connectivity index (χ3n) is 6.89. The lowest BCUT2D eigenvalue weighted by Crippen LogP contribution is -2.31. The molecule has 0 N–H and O–H groups in total. The molecule has 0 saturated carbocycles. The number of nitrogens with zero attached hydrogens (tertiary/aromatic N) is 3. The van der Waals surface area contributed by atoms with Gasteiger partial charge in [0.2, 0.25) is 0 Å². The van der Waals surface area contributed by atoms with E-state index in [9.17, 15) is 12.8 Å². The Morgan fingerprint density at radius 3 is 2.57 bits per heavy atom. The summed E-state index contributed by atoms with van der Waals surface area (Å²) in [6.07, 6.45) is 0.877. The maximum atomic E-state index is 13.9. The molecule has 8 heteroatoms. The van der Waals surface area contributed by atoms with E-state index in [4.69, 9.17) is 9.17 Å². The Hall–Kier alpha value is -3.23. The van der Waals surface area contributed by atoms with E-state index in [0.717, 1.165) is 46.5 Å². The van der Waals surface area contributed by atoms with Crippen LogP contribution in [0.15, 0.2) is 54.6 Å². The van der Waals surface area contributed by atoms with E-state index >= 15 is 0 Å². The molecule has 0 bridgehead atoms. The number of hydrogen-bond donors (Lipinski definition) is 0. The number of benzene rings is 2. The molecule has 4 aromatic rings. The fourth-order valence-corrected chi connectivity index (χ4v) is 5.55. The second-order valence-electron chi connectivity index (χ2n) is 9.07. The third-order valence-corrected chi connectivity index (χ3v) is 8.04. The minimum Gasteiger partial charge on any atom is -0.350 e. The van der Waals surface area contributed by atoms with Crippen molar-refractivity contribution in [2.24, 2.45) is 0 Å². The minimum absolute atomic E-state index is 0.272. The van der Waals surface area contributed by atoms with Gasteiger partial charge in [0.05, 0.1) is 18.3 Å². The Morgan fingerprint density at radius 1 is 1.06 bits per heavy atom. The number of aromatic nitrogens is 2. The molecular weight excluding hydrogens is 465 g/mol. The van der Waals surface area contributed by atoms with E-state index in [0.29, 0.717) is 18.8 Å². The predicted molar refractivity (Wildman–Crippen MR) is 136 cm³/mol. The molecule has 1 aliphatic rings. The van der Waals surface area contributed by atoms with Crippen LogP contribution in [0.4, 0.5) is 10.2 Å². The van der Waals surface area contributed by atoms with Crippen molar-refractivity contribution in [1.29, 1.82) is 0 Å². The topological polar surface area (TPSA) is 64.4 Å². The van der Waals surface area contributed by atoms with Crippen LogP contribution < -0.4 is 4.90 Å². The summed E-state index contributed by atoms with van der Waals surface area (Å²) in [5.41, 5.74) is 6.87. The Kier molecular flexibility index (Phi) is 6.11. The number of hydrogen-bond acceptors (Lipinski definition) is 5. The second-order valence-corrected chi connectivity index (χ2v) is 10.8. The van der Waals surface area contributed by atoms with Gasteiger partial charge in [-0.2, -0.15) is 8.42 Å². The molecule has 182 valence electrons. The monoisotopic (exact) mass is 493 g/mol. The summed E-state index contributed by atoms with van der Waals surface area (Å²) in [5, 5.41) is 0.948. The fourth-order valence-electron chi connectivity index (χ4n) is 4.92. The van der Waals surface area contributed by atoms with Crippen LogP contribution in [-0.4, -0.2) is 31.6 Å². The van der Waals surface area contributed by atoms with Crippen molar-refractivity contribution in [1.82, 2.24) is 9.55 Å². The highest BCUT2D eigenvalue weighted by Gasteiger charge is 2.25. The maximum Gasteiger partial charge on any atom is 0.272 e. The molecule has 1 aliphatic heterocycles. The van der Waals surface area contributed by atoms with Crippen LogP contribution in [0, 0.1) is 19.7 Å². The van der Waals surface area contributed by atoms with Crippen molar-refractivity contribution in [3.8, 4) is 0 Å². The molecule has 3 heterocycles. The number of aryl methyl sites for hydroxylation is 1. The first-order chi connectivity index (χ1) is 16.8. The Balaban J connectivity index is 1.69. The normalized spacial score (nSPS) is 13.9. The van der Waals surface area contributed by atoms with E-state index in [-0.39, 0.29) is 11.6 Å². The highest BCUT2D eigenvalue weighted by Crippen LogP contribution is 2.35. The Labute approximate surface area is 205 Å². The molecule has 6 nitrogen and oxygen atoms in total. The smallest absolute Gasteiger partial charge is 0.272 e. The molecular formula is C27H28FN3O3S. The first kappa shape index (κ1) is 23.5. The summed E-state index contributed by atoms with van der Waals surface area (Å²) in [6.45, 7) is 6.01. The average Bonchev–Trinajstić information content (AvgIpc) is 3.08. The molecule has 0 amide bonds. The van der Waals surface area contributed by atoms with Gasteiger partial charge < -0.3 is 9.47 Å². The van der Waals surface area contributed by atoms with Crippen LogP contribution in [0.3, 0.4) is 0 Å². The molecule has 0 atom stereocenters. The number of halogens is 1. The SMILES string of the molecule is COS(=O)(=O)Cc1cc2c(C)c(C)n(Cc3cccc(F)c3)c2c(N2CCc3ccccc3C2)n1. The van der Waals surface area contributed by atoms with Crippen LogP contribution in [0.5, 0.6) is 0 Å². The standard InChI is InChI=1S/C27H28FN3O3S/c1-18-19(2)31(15-20-7-6-10-23(28)13-20)26-25(18)14-24(17-35(32,33)34-3)29-27(26)30-12-11-21-8-4-5-9-22(21)16-30/h4-10,13-14H,11-12,15-17H2,1-3H3. The summed E-state index contributed by atoms with van der Waals surface area (Å²) >= 11 is 0. The summed E-state index contributed by atoms with van der Waals surface area (Å²) in [6, 6.07) is 16.8. The van der Waals surface area contributed by atoms with Gasteiger partial charge in [-0.15, -0.1) is 0 Å². The molecule has 0 saturated heterocycles. The first-order valence-corrected chi connectivity index (χ1v) is 13.2. The van der Waals surface area contributed by atoms with Crippen molar-refractivity contribution < 1.29 is 17.0 Å². The molecule has 2 aromatic carbocycles. The van der Waals surface area contributed by atoms with Gasteiger partial charge in [0.1, 0.15) is 11.6 Å². The van der Waals surface area contributed by atoms with Crippen LogP contribution >= 0.6 is 0 Å². The molecule has 0 aliphatic carbocycles. The molecule has 0 radical (unpaired) electrons. The summed E-state index contributed by atoms with van der Waals surface area (Å²) in [7, 11) is -2.57. The summed E-state index contributed by atoms with van der Waals surface area (Å²) in [5.74, 6) is 0.169. The van der Waals surface area contributed by atoms with Crippen molar-refractivity contribution in [3.05, 3.63) is 94.1 Å². The zero-order chi connectivity index (χ0) is 24.7. The van der Waals surface area contributed by atoms with Gasteiger partial charge in [0.25, 0.3) is 10.1 Å². The Bertz CT molecular complexity index is 1530. The van der Waals surface area contributed by atoms with Crippen molar-refractivity contribution in [2.75, 3.05) is 18.6 Å². The zero-order valence-electron chi connectivity index (χ0n) is 20.1. The summed E-state index contributed by atoms with van der Waals surface area (Å²) < 4.78 is 45.4. The van der Waals surface area contributed by atoms with Gasteiger partial charge in [0.15, 0.2) is 5.82 Å². The molecule has 35 heavy (non-hydrogen) atoms. The van der Waals surface area contributed by atoms with E-state index in [2.05, 4.69) is 27.7 Å². The van der Waals surface area contributed by atoms with Gasteiger partial charge >= 0.3 is 0 Å². The van der Waals surface area contributed by atoms with Crippen LogP contribution in [0.25, 0.3) is 10.9 Å². The van der Waals surface area contributed by atoms with E-state index in [1.165, 1.54) is 24.3 Å². The average molecular weight is 494 g/mol. The van der Waals surface area contributed by atoms with Gasteiger partial charge in [-0.05, 0) is 60.7 Å². The fraction of sp³-hybridized carbons (Fsp3) is 0.296. The highest BCUT2D eigenvalue weighted by atomic mass is 32.2. The lowest BCUT2D eigenvalue weighted by molar-refractivity contribution is 0.396. The number of anilines is 1. The molecule has 2 aromatic heterocycles. The van der Waals surface area contributed by atoms with Gasteiger partial charge in [0, 0.05) is 30.7 Å². The summed E-state index contributed by atoms with van der Waals surface area (Å²) in [4.78, 5) is 7.09. The van der Waals surface area contributed by atoms with Crippen molar-refractivity contribution >= 4 is 26.8 Å². The van der Waals surface area contributed by atoms with Crippen molar-refractivity contribution in [3.63, 3.8) is 0 Å². The van der Waals surface area contributed by atoms with Crippen LogP contribution in [0.1, 0.15) is 33.6 Å². The minimum atomic E-state index is -3.74.